The Bertz CT molecular complexity index is 964. The van der Waals surface area contributed by atoms with Crippen molar-refractivity contribution >= 4 is 5.97 Å². The molecule has 1 aliphatic rings. The van der Waals surface area contributed by atoms with Crippen LogP contribution in [0.25, 0.3) is 11.4 Å². The van der Waals surface area contributed by atoms with Crippen LogP contribution in [0.5, 0.6) is 5.75 Å². The number of rotatable bonds is 8. The summed E-state index contributed by atoms with van der Waals surface area (Å²) in [6.45, 7) is 5.01. The second-order valence-electron chi connectivity index (χ2n) is 7.61. The molecule has 0 saturated carbocycles. The highest BCUT2D eigenvalue weighted by molar-refractivity contribution is 5.72. The first-order valence-electron chi connectivity index (χ1n) is 10.7. The molecule has 0 unspecified atom stereocenters. The van der Waals surface area contributed by atoms with Crippen molar-refractivity contribution in [1.29, 1.82) is 0 Å². The first kappa shape index (κ1) is 21.1. The summed E-state index contributed by atoms with van der Waals surface area (Å²) in [6, 6.07) is 17.7. The lowest BCUT2D eigenvalue weighted by atomic mass is 9.97. The van der Waals surface area contributed by atoms with Crippen molar-refractivity contribution in [1.82, 2.24) is 15.0 Å². The van der Waals surface area contributed by atoms with Crippen molar-refractivity contribution in [3.63, 3.8) is 0 Å². The van der Waals surface area contributed by atoms with Gasteiger partial charge in [-0.3, -0.25) is 9.69 Å². The monoisotopic (exact) mass is 421 g/mol. The second-order valence-corrected chi connectivity index (χ2v) is 7.61. The third kappa shape index (κ3) is 5.70. The summed E-state index contributed by atoms with van der Waals surface area (Å²) in [5.74, 6) is 1.84. The molecule has 162 valence electrons. The highest BCUT2D eigenvalue weighted by Gasteiger charge is 2.26. The van der Waals surface area contributed by atoms with E-state index in [9.17, 15) is 4.79 Å². The molecule has 7 nitrogen and oxygen atoms in total. The van der Waals surface area contributed by atoms with Crippen LogP contribution >= 0.6 is 0 Å². The molecule has 2 aromatic carbocycles. The van der Waals surface area contributed by atoms with Gasteiger partial charge in [-0.25, -0.2) is 0 Å². The molecule has 1 aliphatic heterocycles. The van der Waals surface area contributed by atoms with Gasteiger partial charge in [0.15, 0.2) is 0 Å². The Balaban J connectivity index is 1.28. The average Bonchev–Trinajstić information content (AvgIpc) is 3.28. The van der Waals surface area contributed by atoms with Gasteiger partial charge >= 0.3 is 5.97 Å². The molecule has 7 heteroatoms. The molecule has 0 radical (unpaired) electrons. The molecule has 0 amide bonds. The minimum atomic E-state index is -0.0848. The van der Waals surface area contributed by atoms with Crippen LogP contribution in [0.15, 0.2) is 59.1 Å². The van der Waals surface area contributed by atoms with Gasteiger partial charge in [-0.2, -0.15) is 4.98 Å². The fourth-order valence-electron chi connectivity index (χ4n) is 3.66. The molecular weight excluding hydrogens is 394 g/mol. The Morgan fingerprint density at radius 3 is 2.55 bits per heavy atom. The minimum absolute atomic E-state index is 0.00271. The van der Waals surface area contributed by atoms with Gasteiger partial charge in [0, 0.05) is 5.56 Å². The fraction of sp³-hybridized carbons (Fsp3) is 0.375. The van der Waals surface area contributed by atoms with Crippen LogP contribution in [0.3, 0.4) is 0 Å². The maximum Gasteiger partial charge on any atom is 0.309 e. The predicted octanol–water partition coefficient (Wildman–Crippen LogP) is 4.09. The molecule has 1 aromatic heterocycles. The van der Waals surface area contributed by atoms with E-state index in [-0.39, 0.29) is 11.9 Å². The van der Waals surface area contributed by atoms with Crippen molar-refractivity contribution in [3.8, 4) is 17.1 Å². The normalized spacial score (nSPS) is 15.0. The first-order valence-corrected chi connectivity index (χ1v) is 10.7. The molecule has 31 heavy (non-hydrogen) atoms. The van der Waals surface area contributed by atoms with Crippen LogP contribution in [0.2, 0.25) is 0 Å². The molecule has 1 saturated heterocycles. The van der Waals surface area contributed by atoms with Crippen LogP contribution in [-0.2, 0) is 22.7 Å². The van der Waals surface area contributed by atoms with Gasteiger partial charge in [0.25, 0.3) is 0 Å². The molecule has 0 atom stereocenters. The summed E-state index contributed by atoms with van der Waals surface area (Å²) in [5.41, 5.74) is 2.00. The molecule has 0 N–H and O–H groups in total. The van der Waals surface area contributed by atoms with E-state index in [4.69, 9.17) is 14.0 Å². The molecule has 0 spiro atoms. The molecule has 1 fully saturated rings. The van der Waals surface area contributed by atoms with E-state index in [0.717, 1.165) is 42.8 Å². The first-order chi connectivity index (χ1) is 15.2. The molecule has 4 rings (SSSR count). The Morgan fingerprint density at radius 1 is 1.10 bits per heavy atom. The summed E-state index contributed by atoms with van der Waals surface area (Å²) in [7, 11) is 0. The zero-order chi connectivity index (χ0) is 21.5. The van der Waals surface area contributed by atoms with Crippen molar-refractivity contribution < 1.29 is 18.8 Å². The summed E-state index contributed by atoms with van der Waals surface area (Å²) in [5, 5.41) is 4.11. The van der Waals surface area contributed by atoms with Crippen molar-refractivity contribution in [3.05, 3.63) is 66.1 Å². The predicted molar refractivity (Wildman–Crippen MR) is 115 cm³/mol. The third-order valence-corrected chi connectivity index (χ3v) is 5.40. The van der Waals surface area contributed by atoms with E-state index in [1.165, 1.54) is 0 Å². The number of piperidine rings is 1. The van der Waals surface area contributed by atoms with Crippen LogP contribution in [0, 0.1) is 5.92 Å². The number of likely N-dealkylation sites (tertiary alicyclic amines) is 1. The Kier molecular flexibility index (Phi) is 6.94. The number of esters is 1. The van der Waals surface area contributed by atoms with E-state index in [1.807, 2.05) is 61.5 Å². The van der Waals surface area contributed by atoms with Gasteiger partial charge < -0.3 is 14.0 Å². The molecule has 2 heterocycles. The zero-order valence-electron chi connectivity index (χ0n) is 17.7. The van der Waals surface area contributed by atoms with Crippen LogP contribution in [0.4, 0.5) is 0 Å². The van der Waals surface area contributed by atoms with Gasteiger partial charge in [0.05, 0.1) is 19.1 Å². The number of benzene rings is 2. The summed E-state index contributed by atoms with van der Waals surface area (Å²) < 4.78 is 16.4. The van der Waals surface area contributed by atoms with E-state index in [2.05, 4.69) is 15.0 Å². The van der Waals surface area contributed by atoms with E-state index in [0.29, 0.717) is 31.5 Å². The second kappa shape index (κ2) is 10.2. The quantitative estimate of drug-likeness (QED) is 0.507. The van der Waals surface area contributed by atoms with Crippen LogP contribution in [-0.4, -0.2) is 40.7 Å². The number of carbonyl (C=O) groups excluding carboxylic acids is 1. The number of aromatic nitrogens is 2. The maximum absolute atomic E-state index is 11.9. The Hall–Kier alpha value is -3.19. The number of hydrogen-bond donors (Lipinski definition) is 0. The smallest absolute Gasteiger partial charge is 0.309 e. The lowest BCUT2D eigenvalue weighted by Crippen LogP contribution is -2.36. The van der Waals surface area contributed by atoms with E-state index in [1.54, 1.807) is 0 Å². The Labute approximate surface area is 182 Å². The van der Waals surface area contributed by atoms with Crippen molar-refractivity contribution in [2.24, 2.45) is 5.92 Å². The lowest BCUT2D eigenvalue weighted by molar-refractivity contribution is -0.149. The van der Waals surface area contributed by atoms with Gasteiger partial charge in [-0.05, 0) is 62.7 Å². The molecule has 0 bridgehead atoms. The highest BCUT2D eigenvalue weighted by Crippen LogP contribution is 2.23. The topological polar surface area (TPSA) is 77.7 Å². The van der Waals surface area contributed by atoms with Gasteiger partial charge in [-0.1, -0.05) is 35.5 Å². The third-order valence-electron chi connectivity index (χ3n) is 5.40. The van der Waals surface area contributed by atoms with Crippen LogP contribution < -0.4 is 4.74 Å². The number of carbonyl (C=O) groups is 1. The zero-order valence-corrected chi connectivity index (χ0v) is 17.7. The van der Waals surface area contributed by atoms with E-state index >= 15 is 0 Å². The summed E-state index contributed by atoms with van der Waals surface area (Å²) in [4.78, 5) is 18.6. The highest BCUT2D eigenvalue weighted by atomic mass is 16.5. The fourth-order valence-corrected chi connectivity index (χ4v) is 3.66. The lowest BCUT2D eigenvalue weighted by Gasteiger charge is -2.29. The average molecular weight is 421 g/mol. The van der Waals surface area contributed by atoms with Gasteiger partial charge in [0.2, 0.25) is 11.7 Å². The Morgan fingerprint density at radius 2 is 1.84 bits per heavy atom. The number of ether oxygens (including phenoxy) is 2. The maximum atomic E-state index is 11.9. The standard InChI is InChI=1S/C24H27N3O4/c1-2-29-24(28)20-12-14-27(15-13-20)16-22-25-23(26-31-22)19-8-10-21(11-9-19)30-17-18-6-4-3-5-7-18/h3-11,20H,2,12-17H2,1H3. The van der Waals surface area contributed by atoms with E-state index < -0.39 is 0 Å². The molecule has 0 aliphatic carbocycles. The van der Waals surface area contributed by atoms with Crippen molar-refractivity contribution in [2.45, 2.75) is 32.9 Å². The largest absolute Gasteiger partial charge is 0.489 e. The molecule has 3 aromatic rings. The van der Waals surface area contributed by atoms with Crippen molar-refractivity contribution in [2.75, 3.05) is 19.7 Å². The van der Waals surface area contributed by atoms with Gasteiger partial charge in [0.1, 0.15) is 12.4 Å². The van der Waals surface area contributed by atoms with Crippen LogP contribution in [0.1, 0.15) is 31.2 Å². The SMILES string of the molecule is CCOC(=O)C1CCN(Cc2nc(-c3ccc(OCc4ccccc4)cc3)no2)CC1. The minimum Gasteiger partial charge on any atom is -0.489 e. The summed E-state index contributed by atoms with van der Waals surface area (Å²) in [6.07, 6.45) is 1.59. The number of hydrogen-bond acceptors (Lipinski definition) is 7. The van der Waals surface area contributed by atoms with Gasteiger partial charge in [-0.15, -0.1) is 0 Å². The summed E-state index contributed by atoms with van der Waals surface area (Å²) >= 11 is 0. The molecular formula is C24H27N3O4. The number of nitrogens with zero attached hydrogens (tertiary/aromatic N) is 3.